The molecule has 1 atom stereocenters. The van der Waals surface area contributed by atoms with Gasteiger partial charge in [-0.05, 0) is 42.7 Å². The van der Waals surface area contributed by atoms with E-state index >= 15 is 0 Å². The van der Waals surface area contributed by atoms with E-state index < -0.39 is 5.41 Å². The summed E-state index contributed by atoms with van der Waals surface area (Å²) in [6.07, 6.45) is 4.17. The molecular weight excluding hydrogens is 222 g/mol. The number of nitrogen functional groups attached to an aromatic ring is 1. The molecule has 2 rings (SSSR count). The molecule has 0 aliphatic heterocycles. The third-order valence-electron chi connectivity index (χ3n) is 3.08. The highest BCUT2D eigenvalue weighted by molar-refractivity contribution is 5.44. The zero-order valence-electron chi connectivity index (χ0n) is 10.3. The molecule has 0 saturated heterocycles. The van der Waals surface area contributed by atoms with Crippen LogP contribution in [0.15, 0.2) is 48.8 Å². The van der Waals surface area contributed by atoms with Crippen molar-refractivity contribution in [1.29, 1.82) is 5.26 Å². The molecule has 90 valence electrons. The Morgan fingerprint density at radius 3 is 2.56 bits per heavy atom. The summed E-state index contributed by atoms with van der Waals surface area (Å²) in [5, 5.41) is 9.47. The lowest BCUT2D eigenvalue weighted by Gasteiger charge is -2.22. The van der Waals surface area contributed by atoms with Crippen molar-refractivity contribution >= 4 is 5.69 Å². The molecule has 3 nitrogen and oxygen atoms in total. The van der Waals surface area contributed by atoms with Gasteiger partial charge in [0.25, 0.3) is 0 Å². The van der Waals surface area contributed by atoms with Gasteiger partial charge in [0.15, 0.2) is 0 Å². The van der Waals surface area contributed by atoms with Crippen molar-refractivity contribution in [3.05, 3.63) is 59.9 Å². The van der Waals surface area contributed by atoms with Crippen LogP contribution in [-0.4, -0.2) is 4.98 Å². The summed E-state index contributed by atoms with van der Waals surface area (Å²) in [6, 6.07) is 13.7. The molecule has 1 aromatic heterocycles. The van der Waals surface area contributed by atoms with E-state index in [1.54, 1.807) is 12.4 Å². The minimum absolute atomic E-state index is 0.559. The van der Waals surface area contributed by atoms with E-state index in [4.69, 9.17) is 5.73 Å². The first kappa shape index (κ1) is 12.1. The monoisotopic (exact) mass is 237 g/mol. The Hall–Kier alpha value is -2.34. The fourth-order valence-electron chi connectivity index (χ4n) is 1.97. The highest BCUT2D eigenvalue weighted by Gasteiger charge is 2.26. The third-order valence-corrected chi connectivity index (χ3v) is 3.08. The minimum atomic E-state index is -0.559. The van der Waals surface area contributed by atoms with Gasteiger partial charge in [0.05, 0.1) is 11.5 Å². The Morgan fingerprint density at radius 2 is 2.00 bits per heavy atom. The van der Waals surface area contributed by atoms with Gasteiger partial charge in [0, 0.05) is 18.1 Å². The first-order chi connectivity index (χ1) is 8.64. The Kier molecular flexibility index (Phi) is 3.29. The number of hydrogen-bond donors (Lipinski definition) is 1. The topological polar surface area (TPSA) is 62.7 Å². The molecule has 1 aromatic carbocycles. The normalized spacial score (nSPS) is 13.6. The maximum absolute atomic E-state index is 9.47. The minimum Gasteiger partial charge on any atom is -0.399 e. The number of aromatic nitrogens is 1. The predicted octanol–water partition coefficient (Wildman–Crippen LogP) is 2.69. The number of benzene rings is 1. The van der Waals surface area contributed by atoms with Crippen LogP contribution >= 0.6 is 0 Å². The van der Waals surface area contributed by atoms with Crippen molar-refractivity contribution in [1.82, 2.24) is 4.98 Å². The van der Waals surface area contributed by atoms with Gasteiger partial charge in [0.2, 0.25) is 0 Å². The van der Waals surface area contributed by atoms with E-state index in [0.717, 1.165) is 11.1 Å². The molecule has 0 amide bonds. The molecule has 0 fully saturated rings. The molecule has 0 aliphatic rings. The van der Waals surface area contributed by atoms with Gasteiger partial charge >= 0.3 is 0 Å². The fraction of sp³-hybridized carbons (Fsp3) is 0.200. The SMILES string of the molecule is CC(C#N)(Cc1cccnc1)c1ccc(N)cc1. The van der Waals surface area contributed by atoms with Gasteiger partial charge in [-0.3, -0.25) is 4.98 Å². The summed E-state index contributed by atoms with van der Waals surface area (Å²) in [7, 11) is 0. The quantitative estimate of drug-likeness (QED) is 0.835. The van der Waals surface area contributed by atoms with Crippen LogP contribution in [-0.2, 0) is 11.8 Å². The van der Waals surface area contributed by atoms with Crippen molar-refractivity contribution in [2.75, 3.05) is 5.73 Å². The van der Waals surface area contributed by atoms with E-state index in [-0.39, 0.29) is 0 Å². The Morgan fingerprint density at radius 1 is 1.28 bits per heavy atom. The van der Waals surface area contributed by atoms with Crippen molar-refractivity contribution in [3.8, 4) is 6.07 Å². The van der Waals surface area contributed by atoms with Crippen molar-refractivity contribution in [2.45, 2.75) is 18.8 Å². The average Bonchev–Trinajstić information content (AvgIpc) is 2.40. The maximum Gasteiger partial charge on any atom is 0.0835 e. The lowest BCUT2D eigenvalue weighted by atomic mass is 9.79. The fourth-order valence-corrected chi connectivity index (χ4v) is 1.97. The third kappa shape index (κ3) is 2.49. The van der Waals surface area contributed by atoms with Crippen LogP contribution in [0.5, 0.6) is 0 Å². The lowest BCUT2D eigenvalue weighted by Crippen LogP contribution is -2.22. The summed E-state index contributed by atoms with van der Waals surface area (Å²) in [4.78, 5) is 4.08. The van der Waals surface area contributed by atoms with E-state index in [2.05, 4.69) is 11.1 Å². The Bertz CT molecular complexity index is 555. The second-order valence-corrected chi connectivity index (χ2v) is 4.60. The van der Waals surface area contributed by atoms with E-state index in [9.17, 15) is 5.26 Å². The zero-order chi connectivity index (χ0) is 13.0. The van der Waals surface area contributed by atoms with Crippen LogP contribution in [0.3, 0.4) is 0 Å². The van der Waals surface area contributed by atoms with E-state index in [1.165, 1.54) is 0 Å². The first-order valence-corrected chi connectivity index (χ1v) is 5.80. The molecule has 0 aliphatic carbocycles. The maximum atomic E-state index is 9.47. The van der Waals surface area contributed by atoms with Gasteiger partial charge in [-0.1, -0.05) is 18.2 Å². The second kappa shape index (κ2) is 4.89. The van der Waals surface area contributed by atoms with Crippen LogP contribution in [0, 0.1) is 11.3 Å². The van der Waals surface area contributed by atoms with Crippen LogP contribution < -0.4 is 5.73 Å². The van der Waals surface area contributed by atoms with Gasteiger partial charge in [0.1, 0.15) is 0 Å². The molecule has 1 unspecified atom stereocenters. The van der Waals surface area contributed by atoms with Crippen LogP contribution in [0.4, 0.5) is 5.69 Å². The molecule has 0 bridgehead atoms. The van der Waals surface area contributed by atoms with Gasteiger partial charge in [-0.2, -0.15) is 5.26 Å². The largest absolute Gasteiger partial charge is 0.399 e. The molecule has 0 spiro atoms. The molecule has 3 heteroatoms. The Labute approximate surface area is 107 Å². The smallest absolute Gasteiger partial charge is 0.0835 e. The van der Waals surface area contributed by atoms with Gasteiger partial charge < -0.3 is 5.73 Å². The summed E-state index contributed by atoms with van der Waals surface area (Å²) in [5.41, 5.74) is 7.85. The average molecular weight is 237 g/mol. The number of nitrogens with zero attached hydrogens (tertiary/aromatic N) is 2. The van der Waals surface area contributed by atoms with Crippen LogP contribution in [0.2, 0.25) is 0 Å². The van der Waals surface area contributed by atoms with Crippen molar-refractivity contribution < 1.29 is 0 Å². The number of pyridine rings is 1. The van der Waals surface area contributed by atoms with Crippen molar-refractivity contribution in [3.63, 3.8) is 0 Å². The number of nitrogens with two attached hydrogens (primary N) is 1. The molecule has 2 N–H and O–H groups in total. The highest BCUT2D eigenvalue weighted by atomic mass is 14.6. The predicted molar refractivity (Wildman–Crippen MR) is 71.8 cm³/mol. The van der Waals surface area contributed by atoms with Crippen LogP contribution in [0.25, 0.3) is 0 Å². The van der Waals surface area contributed by atoms with Gasteiger partial charge in [-0.25, -0.2) is 0 Å². The van der Waals surface area contributed by atoms with Crippen LogP contribution in [0.1, 0.15) is 18.1 Å². The van der Waals surface area contributed by atoms with E-state index in [0.29, 0.717) is 12.1 Å². The molecule has 0 saturated carbocycles. The lowest BCUT2D eigenvalue weighted by molar-refractivity contribution is 0.605. The number of rotatable bonds is 3. The van der Waals surface area contributed by atoms with Crippen molar-refractivity contribution in [2.24, 2.45) is 0 Å². The molecule has 18 heavy (non-hydrogen) atoms. The number of nitriles is 1. The van der Waals surface area contributed by atoms with Gasteiger partial charge in [-0.15, -0.1) is 0 Å². The molecular formula is C15H15N3. The standard InChI is InChI=1S/C15H15N3/c1-15(11-16,9-12-3-2-8-18-10-12)13-4-6-14(17)7-5-13/h2-8,10H,9,17H2,1H3. The second-order valence-electron chi connectivity index (χ2n) is 4.60. The highest BCUT2D eigenvalue weighted by Crippen LogP contribution is 2.27. The molecule has 2 aromatic rings. The summed E-state index contributed by atoms with van der Waals surface area (Å²) < 4.78 is 0. The Balaban J connectivity index is 2.32. The molecule has 0 radical (unpaired) electrons. The van der Waals surface area contributed by atoms with E-state index in [1.807, 2.05) is 43.3 Å². The number of hydrogen-bond acceptors (Lipinski definition) is 3. The summed E-state index contributed by atoms with van der Waals surface area (Å²) >= 11 is 0. The number of anilines is 1. The summed E-state index contributed by atoms with van der Waals surface area (Å²) in [5.74, 6) is 0. The first-order valence-electron chi connectivity index (χ1n) is 5.80. The summed E-state index contributed by atoms with van der Waals surface area (Å²) in [6.45, 7) is 1.94. The zero-order valence-corrected chi connectivity index (χ0v) is 10.3. The molecule has 1 heterocycles.